The number of carbonyl (C=O) groups is 2. The van der Waals surface area contributed by atoms with E-state index in [9.17, 15) is 14.0 Å². The Hall–Kier alpha value is -2.71. The molecule has 1 aromatic carbocycles. The summed E-state index contributed by atoms with van der Waals surface area (Å²) in [6.07, 6.45) is 1.38. The summed E-state index contributed by atoms with van der Waals surface area (Å²) in [4.78, 5) is 30.5. The van der Waals surface area contributed by atoms with Crippen LogP contribution in [0.3, 0.4) is 0 Å². The third kappa shape index (κ3) is 4.47. The average molecular weight is 378 g/mol. The molecule has 1 saturated heterocycles. The number of hydrogen-bond acceptors (Lipinski definition) is 4. The van der Waals surface area contributed by atoms with Crippen molar-refractivity contribution in [2.75, 3.05) is 36.8 Å². The van der Waals surface area contributed by atoms with Crippen LogP contribution in [-0.2, 0) is 0 Å². The van der Waals surface area contributed by atoms with Crippen molar-refractivity contribution in [1.29, 1.82) is 0 Å². The van der Waals surface area contributed by atoms with E-state index in [0.29, 0.717) is 31.2 Å². The fourth-order valence-corrected chi connectivity index (χ4v) is 2.62. The van der Waals surface area contributed by atoms with Gasteiger partial charge in [-0.3, -0.25) is 4.79 Å². The molecule has 3 N–H and O–H groups in total. The van der Waals surface area contributed by atoms with Crippen LogP contribution in [0, 0.1) is 5.82 Å². The highest BCUT2D eigenvalue weighted by Crippen LogP contribution is 2.20. The lowest BCUT2D eigenvalue weighted by atomic mass is 10.1. The lowest BCUT2D eigenvalue weighted by Crippen LogP contribution is -2.48. The number of carbonyl (C=O) groups excluding carboxylic acids is 2. The Morgan fingerprint density at radius 3 is 2.62 bits per heavy atom. The van der Waals surface area contributed by atoms with Crippen molar-refractivity contribution >= 4 is 35.0 Å². The molecule has 0 unspecified atom stereocenters. The number of anilines is 2. The Morgan fingerprint density at radius 1 is 1.15 bits per heavy atom. The third-order valence-corrected chi connectivity index (χ3v) is 4.06. The zero-order valence-corrected chi connectivity index (χ0v) is 14.5. The highest BCUT2D eigenvalue weighted by molar-refractivity contribution is 6.30. The second kappa shape index (κ2) is 8.11. The Kier molecular flexibility index (Phi) is 5.65. The van der Waals surface area contributed by atoms with E-state index in [2.05, 4.69) is 20.9 Å². The van der Waals surface area contributed by atoms with Gasteiger partial charge in [0, 0.05) is 32.4 Å². The summed E-state index contributed by atoms with van der Waals surface area (Å²) in [6.45, 7) is 2.52. The number of amides is 3. The van der Waals surface area contributed by atoms with Gasteiger partial charge in [0.1, 0.15) is 11.6 Å². The van der Waals surface area contributed by atoms with Crippen LogP contribution in [0.2, 0.25) is 5.02 Å². The van der Waals surface area contributed by atoms with E-state index in [-0.39, 0.29) is 23.1 Å². The molecule has 26 heavy (non-hydrogen) atoms. The molecule has 0 bridgehead atoms. The predicted molar refractivity (Wildman–Crippen MR) is 97.1 cm³/mol. The molecule has 2 aromatic rings. The topological polar surface area (TPSA) is 86.4 Å². The van der Waals surface area contributed by atoms with Crippen molar-refractivity contribution in [3.8, 4) is 0 Å². The zero-order chi connectivity index (χ0) is 18.5. The number of nitrogens with zero attached hydrogens (tertiary/aromatic N) is 2. The summed E-state index contributed by atoms with van der Waals surface area (Å²) in [6, 6.07) is 6.38. The van der Waals surface area contributed by atoms with E-state index in [1.807, 2.05) is 0 Å². The Bertz CT molecular complexity index is 809. The first-order valence-electron chi connectivity index (χ1n) is 8.02. The van der Waals surface area contributed by atoms with Gasteiger partial charge in [0.25, 0.3) is 5.91 Å². The van der Waals surface area contributed by atoms with Crippen molar-refractivity contribution in [3.05, 3.63) is 52.9 Å². The van der Waals surface area contributed by atoms with Gasteiger partial charge >= 0.3 is 6.03 Å². The molecule has 0 spiro atoms. The minimum absolute atomic E-state index is 0.00485. The summed E-state index contributed by atoms with van der Waals surface area (Å²) in [5.41, 5.74) is 0.228. The quantitative estimate of drug-likeness (QED) is 0.767. The molecule has 1 aliphatic heterocycles. The molecule has 0 radical (unpaired) electrons. The summed E-state index contributed by atoms with van der Waals surface area (Å²) < 4.78 is 13.6. The fourth-order valence-electron chi connectivity index (χ4n) is 2.51. The van der Waals surface area contributed by atoms with Crippen LogP contribution in [0.4, 0.5) is 20.7 Å². The SMILES string of the molecule is O=C(Nc1ccc(Cl)cn1)c1cc(F)ccc1NC(=O)N1CCNCC1. The largest absolute Gasteiger partial charge is 0.322 e. The van der Waals surface area contributed by atoms with Crippen molar-refractivity contribution in [1.82, 2.24) is 15.2 Å². The van der Waals surface area contributed by atoms with Crippen LogP contribution in [-0.4, -0.2) is 48.0 Å². The first-order valence-corrected chi connectivity index (χ1v) is 8.40. The van der Waals surface area contributed by atoms with Gasteiger partial charge < -0.3 is 20.9 Å². The molecule has 0 saturated carbocycles. The smallest absolute Gasteiger partial charge is 0.321 e. The van der Waals surface area contributed by atoms with Gasteiger partial charge in [0.2, 0.25) is 0 Å². The van der Waals surface area contributed by atoms with E-state index in [1.54, 1.807) is 11.0 Å². The van der Waals surface area contributed by atoms with Crippen LogP contribution < -0.4 is 16.0 Å². The monoisotopic (exact) mass is 377 g/mol. The highest BCUT2D eigenvalue weighted by atomic mass is 35.5. The van der Waals surface area contributed by atoms with Gasteiger partial charge in [-0.25, -0.2) is 14.2 Å². The molecule has 0 atom stereocenters. The number of piperazine rings is 1. The van der Waals surface area contributed by atoms with Gasteiger partial charge in [-0.1, -0.05) is 11.6 Å². The Morgan fingerprint density at radius 2 is 1.92 bits per heavy atom. The second-order valence-electron chi connectivity index (χ2n) is 5.67. The van der Waals surface area contributed by atoms with Crippen molar-refractivity contribution in [3.63, 3.8) is 0 Å². The van der Waals surface area contributed by atoms with Crippen LogP contribution >= 0.6 is 11.6 Å². The number of halogens is 2. The number of aromatic nitrogens is 1. The normalized spacial score (nSPS) is 14.0. The van der Waals surface area contributed by atoms with Crippen molar-refractivity contribution in [2.24, 2.45) is 0 Å². The van der Waals surface area contributed by atoms with E-state index in [1.165, 1.54) is 24.4 Å². The molecule has 1 aliphatic rings. The van der Waals surface area contributed by atoms with Gasteiger partial charge in [-0.15, -0.1) is 0 Å². The van der Waals surface area contributed by atoms with Crippen molar-refractivity contribution < 1.29 is 14.0 Å². The minimum Gasteiger partial charge on any atom is -0.322 e. The third-order valence-electron chi connectivity index (χ3n) is 3.84. The summed E-state index contributed by atoms with van der Waals surface area (Å²) in [7, 11) is 0. The van der Waals surface area contributed by atoms with E-state index < -0.39 is 11.7 Å². The molecule has 136 valence electrons. The van der Waals surface area contributed by atoms with Crippen molar-refractivity contribution in [2.45, 2.75) is 0 Å². The molecule has 9 heteroatoms. The molecule has 3 rings (SSSR count). The van der Waals surface area contributed by atoms with E-state index in [4.69, 9.17) is 11.6 Å². The summed E-state index contributed by atoms with van der Waals surface area (Å²) in [5, 5.41) is 8.81. The van der Waals surface area contributed by atoms with Gasteiger partial charge in [-0.2, -0.15) is 0 Å². The first-order chi connectivity index (χ1) is 12.5. The lowest BCUT2D eigenvalue weighted by Gasteiger charge is -2.27. The van der Waals surface area contributed by atoms with E-state index >= 15 is 0 Å². The molecule has 0 aliphatic carbocycles. The molecular weight excluding hydrogens is 361 g/mol. The number of benzene rings is 1. The van der Waals surface area contributed by atoms with Gasteiger partial charge in [-0.05, 0) is 30.3 Å². The second-order valence-corrected chi connectivity index (χ2v) is 6.11. The standard InChI is InChI=1S/C17H17ClFN5O2/c18-11-1-4-15(21-10-11)23-16(25)13-9-12(19)2-3-14(13)22-17(26)24-7-5-20-6-8-24/h1-4,9-10,20H,5-8H2,(H,22,26)(H,21,23,25). The number of hydrogen-bond donors (Lipinski definition) is 3. The number of pyridine rings is 1. The zero-order valence-electron chi connectivity index (χ0n) is 13.8. The predicted octanol–water partition coefficient (Wildman–Crippen LogP) is 2.56. The summed E-state index contributed by atoms with van der Waals surface area (Å²) in [5.74, 6) is -0.905. The maximum Gasteiger partial charge on any atom is 0.321 e. The molecule has 1 fully saturated rings. The molecule has 3 amide bonds. The highest BCUT2D eigenvalue weighted by Gasteiger charge is 2.20. The molecular formula is C17H17ClFN5O2. The Balaban J connectivity index is 1.77. The summed E-state index contributed by atoms with van der Waals surface area (Å²) >= 11 is 5.76. The average Bonchev–Trinajstić information content (AvgIpc) is 2.65. The molecule has 7 nitrogen and oxygen atoms in total. The Labute approximate surface area is 154 Å². The number of rotatable bonds is 3. The molecule has 1 aromatic heterocycles. The number of nitrogens with one attached hydrogen (secondary N) is 3. The minimum atomic E-state index is -0.588. The molecule has 2 heterocycles. The lowest BCUT2D eigenvalue weighted by molar-refractivity contribution is 0.102. The van der Waals surface area contributed by atoms with Crippen LogP contribution in [0.1, 0.15) is 10.4 Å². The van der Waals surface area contributed by atoms with Crippen LogP contribution in [0.25, 0.3) is 0 Å². The maximum atomic E-state index is 13.6. The van der Waals surface area contributed by atoms with Crippen LogP contribution in [0.5, 0.6) is 0 Å². The van der Waals surface area contributed by atoms with Crippen LogP contribution in [0.15, 0.2) is 36.5 Å². The fraction of sp³-hybridized carbons (Fsp3) is 0.235. The first kappa shape index (κ1) is 18.1. The van der Waals surface area contributed by atoms with Gasteiger partial charge in [0.05, 0.1) is 16.3 Å². The van der Waals surface area contributed by atoms with Gasteiger partial charge in [0.15, 0.2) is 0 Å². The van der Waals surface area contributed by atoms with E-state index in [0.717, 1.165) is 6.07 Å². The maximum absolute atomic E-state index is 13.6. The number of urea groups is 1.